The lowest BCUT2D eigenvalue weighted by atomic mass is 9.69. The molecule has 4 rings (SSSR count). The lowest BCUT2D eigenvalue weighted by Gasteiger charge is -2.35. The molecule has 1 aliphatic rings. The molecule has 4 nitrogen and oxygen atoms in total. The molecule has 0 bridgehead atoms. The molecule has 0 amide bonds. The summed E-state index contributed by atoms with van der Waals surface area (Å²) < 4.78 is 11.0. The third-order valence-corrected chi connectivity index (χ3v) is 5.93. The first-order chi connectivity index (χ1) is 14.7. The van der Waals surface area contributed by atoms with Crippen LogP contribution < -0.4 is 9.47 Å². The van der Waals surface area contributed by atoms with Gasteiger partial charge >= 0.3 is 0 Å². The molecule has 0 heterocycles. The van der Waals surface area contributed by atoms with E-state index in [0.717, 1.165) is 18.6 Å². The molecule has 0 saturated heterocycles. The Morgan fingerprint density at radius 2 is 1.67 bits per heavy atom. The first-order valence-electron chi connectivity index (χ1n) is 10.4. The van der Waals surface area contributed by atoms with Crippen LogP contribution in [-0.4, -0.2) is 36.6 Å². The Morgan fingerprint density at radius 3 is 2.37 bits per heavy atom. The number of aliphatic hydroxyl groups excluding tert-OH is 2. The van der Waals surface area contributed by atoms with Crippen molar-refractivity contribution >= 4 is 0 Å². The monoisotopic (exact) mass is 404 g/mol. The third-order valence-electron chi connectivity index (χ3n) is 5.93. The fourth-order valence-electron chi connectivity index (χ4n) is 4.41. The topological polar surface area (TPSA) is 58.9 Å². The van der Waals surface area contributed by atoms with Crippen molar-refractivity contribution in [2.24, 2.45) is 0 Å². The average molecular weight is 405 g/mol. The molecule has 3 aromatic rings. The number of aliphatic hydroxyl groups is 2. The van der Waals surface area contributed by atoms with Gasteiger partial charge in [-0.3, -0.25) is 0 Å². The van der Waals surface area contributed by atoms with Crippen LogP contribution in [0.4, 0.5) is 0 Å². The predicted octanol–water partition coefficient (Wildman–Crippen LogP) is 4.29. The van der Waals surface area contributed by atoms with Crippen molar-refractivity contribution < 1.29 is 19.7 Å². The second-order valence-electron chi connectivity index (χ2n) is 7.81. The molecule has 3 aromatic carbocycles. The molecule has 0 spiro atoms. The van der Waals surface area contributed by atoms with Gasteiger partial charge in [0.1, 0.15) is 24.2 Å². The summed E-state index contributed by atoms with van der Waals surface area (Å²) in [6, 6.07) is 25.3. The van der Waals surface area contributed by atoms with Crippen LogP contribution in [0.5, 0.6) is 11.5 Å². The van der Waals surface area contributed by atoms with Crippen molar-refractivity contribution in [2.45, 2.75) is 30.8 Å². The largest absolute Gasteiger partial charge is 0.497 e. The van der Waals surface area contributed by atoms with Crippen molar-refractivity contribution in [1.82, 2.24) is 0 Å². The van der Waals surface area contributed by atoms with E-state index in [1.54, 1.807) is 7.11 Å². The molecule has 30 heavy (non-hydrogen) atoms. The summed E-state index contributed by atoms with van der Waals surface area (Å²) in [7, 11) is 1.71. The van der Waals surface area contributed by atoms with E-state index in [1.165, 1.54) is 22.3 Å². The molecule has 0 radical (unpaired) electrons. The lowest BCUT2D eigenvalue weighted by Crippen LogP contribution is -2.21. The summed E-state index contributed by atoms with van der Waals surface area (Å²) in [5.41, 5.74) is 5.29. The van der Waals surface area contributed by atoms with Gasteiger partial charge < -0.3 is 19.7 Å². The number of hydrogen-bond acceptors (Lipinski definition) is 4. The Labute approximate surface area is 177 Å². The van der Waals surface area contributed by atoms with Gasteiger partial charge in [0.15, 0.2) is 0 Å². The van der Waals surface area contributed by atoms with Crippen molar-refractivity contribution in [3.8, 4) is 11.5 Å². The number of aryl methyl sites for hydroxylation is 1. The number of ether oxygens (including phenoxy) is 2. The van der Waals surface area contributed by atoms with Crippen LogP contribution in [0.1, 0.15) is 40.5 Å². The number of methoxy groups -OCH3 is 1. The highest BCUT2D eigenvalue weighted by atomic mass is 16.5. The minimum atomic E-state index is -0.868. The Balaban J connectivity index is 1.68. The van der Waals surface area contributed by atoms with Crippen LogP contribution in [0.3, 0.4) is 0 Å². The minimum absolute atomic E-state index is 0.0779. The number of rotatable bonds is 7. The van der Waals surface area contributed by atoms with E-state index in [1.807, 2.05) is 18.2 Å². The van der Waals surface area contributed by atoms with E-state index in [4.69, 9.17) is 14.6 Å². The van der Waals surface area contributed by atoms with E-state index in [-0.39, 0.29) is 19.1 Å². The smallest absolute Gasteiger partial charge is 0.119 e. The van der Waals surface area contributed by atoms with Gasteiger partial charge in [-0.2, -0.15) is 0 Å². The Hall–Kier alpha value is -2.82. The molecule has 0 aliphatic heterocycles. The van der Waals surface area contributed by atoms with Gasteiger partial charge in [-0.1, -0.05) is 48.5 Å². The van der Waals surface area contributed by atoms with Crippen LogP contribution in [0.2, 0.25) is 0 Å². The standard InChI is InChI=1S/C26H28O4/c1-29-23-12-14-25-20(15-23)9-13-24(18-5-3-2-4-6-18)26(25)19-7-10-22(11-8-19)30-17-21(28)16-27/h2-8,10-12,14-15,21,24,26-28H,9,13,16-17H2,1H3/t21-,24+,26-/m1/s1. The summed E-state index contributed by atoms with van der Waals surface area (Å²) in [5, 5.41) is 18.5. The quantitative estimate of drug-likeness (QED) is 0.617. The molecule has 1 aliphatic carbocycles. The molecule has 3 atom stereocenters. The second-order valence-corrected chi connectivity index (χ2v) is 7.81. The van der Waals surface area contributed by atoms with Crippen LogP contribution in [-0.2, 0) is 6.42 Å². The lowest BCUT2D eigenvalue weighted by molar-refractivity contribution is 0.0536. The van der Waals surface area contributed by atoms with Crippen LogP contribution >= 0.6 is 0 Å². The Morgan fingerprint density at radius 1 is 0.933 bits per heavy atom. The highest BCUT2D eigenvalue weighted by molar-refractivity contribution is 5.48. The first kappa shape index (κ1) is 20.5. The Bertz CT molecular complexity index is 953. The summed E-state index contributed by atoms with van der Waals surface area (Å²) >= 11 is 0. The molecule has 156 valence electrons. The maximum Gasteiger partial charge on any atom is 0.119 e. The molecule has 4 heteroatoms. The van der Waals surface area contributed by atoms with Crippen LogP contribution in [0, 0.1) is 0 Å². The predicted molar refractivity (Wildman–Crippen MR) is 117 cm³/mol. The van der Waals surface area contributed by atoms with Crippen LogP contribution in [0.25, 0.3) is 0 Å². The number of fused-ring (bicyclic) bond motifs is 1. The van der Waals surface area contributed by atoms with Crippen molar-refractivity contribution in [1.29, 1.82) is 0 Å². The maximum absolute atomic E-state index is 9.51. The second kappa shape index (κ2) is 9.33. The zero-order chi connectivity index (χ0) is 20.9. The normalized spacial score (nSPS) is 19.0. The molecular weight excluding hydrogens is 376 g/mol. The first-order valence-corrected chi connectivity index (χ1v) is 10.4. The highest BCUT2D eigenvalue weighted by Gasteiger charge is 2.32. The molecule has 2 N–H and O–H groups in total. The SMILES string of the molecule is COc1ccc2c(c1)CC[C@@H](c1ccccc1)[C@H]2c1ccc(OC[C@H](O)CO)cc1. The molecule has 0 saturated carbocycles. The highest BCUT2D eigenvalue weighted by Crippen LogP contribution is 2.47. The number of hydrogen-bond donors (Lipinski definition) is 2. The van der Waals surface area contributed by atoms with E-state index in [0.29, 0.717) is 11.7 Å². The van der Waals surface area contributed by atoms with Gasteiger partial charge in [-0.25, -0.2) is 0 Å². The van der Waals surface area contributed by atoms with Gasteiger partial charge in [-0.15, -0.1) is 0 Å². The van der Waals surface area contributed by atoms with Crippen molar-refractivity contribution in [2.75, 3.05) is 20.3 Å². The molecule has 0 fully saturated rings. The zero-order valence-corrected chi connectivity index (χ0v) is 17.2. The summed E-state index contributed by atoms with van der Waals surface area (Å²) in [5.74, 6) is 2.24. The molecule has 0 unspecified atom stereocenters. The van der Waals surface area contributed by atoms with Gasteiger partial charge in [0.2, 0.25) is 0 Å². The number of benzene rings is 3. The molecular formula is C26H28O4. The van der Waals surface area contributed by atoms with Crippen LogP contribution in [0.15, 0.2) is 72.8 Å². The van der Waals surface area contributed by atoms with E-state index in [9.17, 15) is 5.11 Å². The molecule has 0 aromatic heterocycles. The average Bonchev–Trinajstić information content (AvgIpc) is 2.82. The Kier molecular flexibility index (Phi) is 6.36. The fourth-order valence-corrected chi connectivity index (χ4v) is 4.41. The summed E-state index contributed by atoms with van der Waals surface area (Å²) in [6.07, 6.45) is 1.24. The van der Waals surface area contributed by atoms with Gasteiger partial charge in [0, 0.05) is 5.92 Å². The van der Waals surface area contributed by atoms with Crippen molar-refractivity contribution in [3.63, 3.8) is 0 Å². The minimum Gasteiger partial charge on any atom is -0.497 e. The van der Waals surface area contributed by atoms with E-state index in [2.05, 4.69) is 54.6 Å². The van der Waals surface area contributed by atoms with Gasteiger partial charge in [0.05, 0.1) is 13.7 Å². The summed E-state index contributed by atoms with van der Waals surface area (Å²) in [4.78, 5) is 0. The van der Waals surface area contributed by atoms with E-state index < -0.39 is 6.10 Å². The van der Waals surface area contributed by atoms with Crippen molar-refractivity contribution in [3.05, 3.63) is 95.1 Å². The maximum atomic E-state index is 9.51. The fraction of sp³-hybridized carbons (Fsp3) is 0.308. The van der Waals surface area contributed by atoms with E-state index >= 15 is 0 Å². The third kappa shape index (κ3) is 4.35. The summed E-state index contributed by atoms with van der Waals surface area (Å²) in [6.45, 7) is -0.228. The van der Waals surface area contributed by atoms with Gasteiger partial charge in [-0.05, 0) is 65.3 Å². The van der Waals surface area contributed by atoms with Gasteiger partial charge in [0.25, 0.3) is 0 Å². The zero-order valence-electron chi connectivity index (χ0n) is 17.2.